The van der Waals surface area contributed by atoms with E-state index in [1.165, 1.54) is 0 Å². The molecule has 7 heteroatoms. The summed E-state index contributed by atoms with van der Waals surface area (Å²) in [7, 11) is 1.59. The molecular weight excluding hydrogens is 384 g/mol. The van der Waals surface area contributed by atoms with Crippen LogP contribution in [-0.2, 0) is 4.79 Å². The van der Waals surface area contributed by atoms with Crippen molar-refractivity contribution in [3.05, 3.63) is 83.9 Å². The maximum atomic E-state index is 13.4. The van der Waals surface area contributed by atoms with Gasteiger partial charge in [-0.15, -0.1) is 0 Å². The monoisotopic (exact) mass is 403 g/mol. The fraction of sp³-hybridized carbons (Fsp3) is 0.130. The van der Waals surface area contributed by atoms with Crippen LogP contribution in [0, 0.1) is 0 Å². The minimum atomic E-state index is -1.29. The van der Waals surface area contributed by atoms with Crippen molar-refractivity contribution < 1.29 is 24.2 Å². The zero-order valence-electron chi connectivity index (χ0n) is 16.2. The van der Waals surface area contributed by atoms with Crippen molar-refractivity contribution in [2.75, 3.05) is 23.9 Å². The number of hydrogen-bond donors (Lipinski definition) is 1. The van der Waals surface area contributed by atoms with Crippen LogP contribution < -0.4 is 24.8 Å². The number of carboxylic acids is 1. The molecule has 0 saturated heterocycles. The summed E-state index contributed by atoms with van der Waals surface area (Å²) in [4.78, 5) is 25.6. The molecule has 0 saturated carbocycles. The first-order valence-corrected chi connectivity index (χ1v) is 9.32. The lowest BCUT2D eigenvalue weighted by molar-refractivity contribution is -0.307. The Morgan fingerprint density at radius 1 is 1.00 bits per heavy atom. The minimum Gasteiger partial charge on any atom is -0.546 e. The number of amides is 1. The number of hydrogen-bond acceptors (Lipinski definition) is 6. The number of aliphatic carboxylic acids is 1. The predicted octanol–water partition coefficient (Wildman–Crippen LogP) is 2.59. The van der Waals surface area contributed by atoms with E-state index in [2.05, 4.69) is 5.32 Å². The number of carboxylic acid groups (broad SMARTS) is 1. The third kappa shape index (κ3) is 3.77. The van der Waals surface area contributed by atoms with Gasteiger partial charge in [-0.2, -0.15) is 0 Å². The molecule has 0 aliphatic carbocycles. The van der Waals surface area contributed by atoms with E-state index in [1.807, 2.05) is 30.3 Å². The number of carbonyl (C=O) groups is 2. The second-order valence-corrected chi connectivity index (χ2v) is 6.70. The molecule has 1 aliphatic rings. The summed E-state index contributed by atoms with van der Waals surface area (Å²) in [6, 6.07) is 21.5. The van der Waals surface area contributed by atoms with Gasteiger partial charge in [0.1, 0.15) is 24.3 Å². The summed E-state index contributed by atoms with van der Waals surface area (Å²) < 4.78 is 10.4. The maximum absolute atomic E-state index is 13.4. The van der Waals surface area contributed by atoms with E-state index in [0.717, 1.165) is 11.3 Å². The lowest BCUT2D eigenvalue weighted by Crippen LogP contribution is -2.43. The lowest BCUT2D eigenvalue weighted by atomic mass is 10.0. The molecule has 30 heavy (non-hydrogen) atoms. The fourth-order valence-electron chi connectivity index (χ4n) is 3.38. The summed E-state index contributed by atoms with van der Waals surface area (Å²) >= 11 is 0. The van der Waals surface area contributed by atoms with Crippen LogP contribution in [0.3, 0.4) is 0 Å². The molecule has 4 rings (SSSR count). The molecule has 0 spiro atoms. The summed E-state index contributed by atoms with van der Waals surface area (Å²) in [5.41, 5.74) is 2.85. The SMILES string of the molecule is COc1ccc(N2C(=O)c3ccccc3N[C@@H]2c2ccc(OCC(=O)[O-])cc2)cc1. The first kappa shape index (κ1) is 19.3. The van der Waals surface area contributed by atoms with Crippen molar-refractivity contribution in [1.82, 2.24) is 0 Å². The van der Waals surface area contributed by atoms with Gasteiger partial charge < -0.3 is 24.7 Å². The number of anilines is 2. The van der Waals surface area contributed by atoms with Gasteiger partial charge in [-0.3, -0.25) is 9.69 Å². The highest BCUT2D eigenvalue weighted by Gasteiger charge is 2.34. The van der Waals surface area contributed by atoms with Gasteiger partial charge >= 0.3 is 0 Å². The quantitative estimate of drug-likeness (QED) is 0.680. The van der Waals surface area contributed by atoms with Crippen LogP contribution in [0.4, 0.5) is 11.4 Å². The molecule has 1 heterocycles. The average molecular weight is 403 g/mol. The van der Waals surface area contributed by atoms with Crippen molar-refractivity contribution in [2.45, 2.75) is 6.17 Å². The van der Waals surface area contributed by atoms with Crippen LogP contribution in [0.25, 0.3) is 0 Å². The molecule has 1 N–H and O–H groups in total. The minimum absolute atomic E-state index is 0.128. The first-order chi connectivity index (χ1) is 14.6. The van der Waals surface area contributed by atoms with Crippen LogP contribution in [0.2, 0.25) is 0 Å². The van der Waals surface area contributed by atoms with Crippen molar-refractivity contribution in [3.63, 3.8) is 0 Å². The van der Waals surface area contributed by atoms with E-state index in [1.54, 1.807) is 54.5 Å². The summed E-state index contributed by atoms with van der Waals surface area (Å²) in [6.45, 7) is -0.523. The number of benzene rings is 3. The van der Waals surface area contributed by atoms with Crippen molar-refractivity contribution in [3.8, 4) is 11.5 Å². The Morgan fingerprint density at radius 2 is 1.67 bits per heavy atom. The molecule has 1 aliphatic heterocycles. The Balaban J connectivity index is 1.71. The maximum Gasteiger partial charge on any atom is 0.262 e. The highest BCUT2D eigenvalue weighted by Crippen LogP contribution is 2.37. The van der Waals surface area contributed by atoms with Gasteiger partial charge in [0.05, 0.1) is 18.6 Å². The van der Waals surface area contributed by atoms with Gasteiger partial charge in [-0.25, -0.2) is 0 Å². The van der Waals surface area contributed by atoms with Crippen LogP contribution >= 0.6 is 0 Å². The number of rotatable bonds is 6. The van der Waals surface area contributed by atoms with E-state index in [0.29, 0.717) is 22.7 Å². The Hall–Kier alpha value is -4.00. The molecule has 0 radical (unpaired) electrons. The molecular formula is C23H19N2O5-. The largest absolute Gasteiger partial charge is 0.546 e. The van der Waals surface area contributed by atoms with Crippen LogP contribution in [0.1, 0.15) is 22.1 Å². The van der Waals surface area contributed by atoms with Crippen molar-refractivity contribution in [1.29, 1.82) is 0 Å². The Bertz CT molecular complexity index is 1060. The predicted molar refractivity (Wildman–Crippen MR) is 110 cm³/mol. The van der Waals surface area contributed by atoms with Gasteiger partial charge in [0, 0.05) is 11.4 Å². The number of ether oxygens (including phenoxy) is 2. The molecule has 0 aromatic heterocycles. The number of methoxy groups -OCH3 is 1. The molecule has 3 aromatic carbocycles. The van der Waals surface area contributed by atoms with Crippen molar-refractivity contribution >= 4 is 23.3 Å². The van der Waals surface area contributed by atoms with E-state index in [4.69, 9.17) is 9.47 Å². The number of fused-ring (bicyclic) bond motifs is 1. The Morgan fingerprint density at radius 3 is 2.33 bits per heavy atom. The normalized spacial score (nSPS) is 15.2. The van der Waals surface area contributed by atoms with Crippen LogP contribution in [0.5, 0.6) is 11.5 Å². The summed E-state index contributed by atoms with van der Waals surface area (Å²) in [5.74, 6) is -0.318. The molecule has 1 amide bonds. The third-order valence-electron chi connectivity index (χ3n) is 4.83. The standard InChI is InChI=1S/C23H20N2O5/c1-29-17-12-8-16(9-13-17)25-22(24-20-5-3-2-4-19(20)23(25)28)15-6-10-18(11-7-15)30-14-21(26)27/h2-13,22,24H,14H2,1H3,(H,26,27)/p-1/t22-/m0/s1. The lowest BCUT2D eigenvalue weighted by Gasteiger charge is -2.38. The number of carbonyl (C=O) groups excluding carboxylic acids is 2. The van der Waals surface area contributed by atoms with E-state index < -0.39 is 18.7 Å². The highest BCUT2D eigenvalue weighted by molar-refractivity contribution is 6.12. The first-order valence-electron chi connectivity index (χ1n) is 9.32. The van der Waals surface area contributed by atoms with Crippen molar-refractivity contribution in [2.24, 2.45) is 0 Å². The van der Waals surface area contributed by atoms with Crippen LogP contribution in [-0.4, -0.2) is 25.6 Å². The number of para-hydroxylation sites is 1. The van der Waals surface area contributed by atoms with Gasteiger partial charge in [0.15, 0.2) is 0 Å². The molecule has 0 fully saturated rings. The van der Waals surface area contributed by atoms with Crippen LogP contribution in [0.15, 0.2) is 72.8 Å². The summed E-state index contributed by atoms with van der Waals surface area (Å²) in [5, 5.41) is 14.0. The zero-order valence-corrected chi connectivity index (χ0v) is 16.2. The molecule has 0 bridgehead atoms. The molecule has 1 atom stereocenters. The fourth-order valence-corrected chi connectivity index (χ4v) is 3.38. The van der Waals surface area contributed by atoms with Gasteiger partial charge in [0.25, 0.3) is 5.91 Å². The average Bonchev–Trinajstić information content (AvgIpc) is 2.78. The smallest absolute Gasteiger partial charge is 0.262 e. The second-order valence-electron chi connectivity index (χ2n) is 6.70. The van der Waals surface area contributed by atoms with Gasteiger partial charge in [-0.05, 0) is 54.1 Å². The van der Waals surface area contributed by atoms with Gasteiger partial charge in [-0.1, -0.05) is 24.3 Å². The number of nitrogens with zero attached hydrogens (tertiary/aromatic N) is 1. The Kier molecular flexibility index (Phi) is 5.26. The highest BCUT2D eigenvalue weighted by atomic mass is 16.5. The molecule has 0 unspecified atom stereocenters. The summed E-state index contributed by atoms with van der Waals surface area (Å²) in [6.07, 6.45) is -0.462. The Labute approximate surface area is 173 Å². The van der Waals surface area contributed by atoms with Gasteiger partial charge in [0.2, 0.25) is 0 Å². The second kappa shape index (κ2) is 8.16. The molecule has 152 valence electrons. The molecule has 7 nitrogen and oxygen atoms in total. The third-order valence-corrected chi connectivity index (χ3v) is 4.83. The van der Waals surface area contributed by atoms with E-state index >= 15 is 0 Å². The van der Waals surface area contributed by atoms with E-state index in [9.17, 15) is 14.7 Å². The zero-order chi connectivity index (χ0) is 21.1. The van der Waals surface area contributed by atoms with E-state index in [-0.39, 0.29) is 5.91 Å². The number of nitrogens with one attached hydrogen (secondary N) is 1. The topological polar surface area (TPSA) is 90.9 Å². The molecule has 3 aromatic rings.